The van der Waals surface area contributed by atoms with Gasteiger partial charge >= 0.3 is 0 Å². The van der Waals surface area contributed by atoms with Gasteiger partial charge in [0, 0.05) is 12.6 Å². The highest BCUT2D eigenvalue weighted by Gasteiger charge is 2.07. The molecule has 0 saturated carbocycles. The predicted molar refractivity (Wildman–Crippen MR) is 66.5 cm³/mol. The van der Waals surface area contributed by atoms with Gasteiger partial charge in [0.05, 0.1) is 28.8 Å². The van der Waals surface area contributed by atoms with E-state index in [2.05, 4.69) is 10.3 Å². The molecule has 1 aromatic carbocycles. The number of benzene rings is 1. The second-order valence-corrected chi connectivity index (χ2v) is 3.78. The van der Waals surface area contributed by atoms with E-state index in [1.165, 1.54) is 24.4 Å². The van der Waals surface area contributed by atoms with E-state index in [-0.39, 0.29) is 17.8 Å². The molecule has 2 aromatic rings. The van der Waals surface area contributed by atoms with E-state index in [9.17, 15) is 8.78 Å². The second kappa shape index (κ2) is 5.42. The summed E-state index contributed by atoms with van der Waals surface area (Å²) in [5.74, 6) is -1.04. The van der Waals surface area contributed by atoms with Crippen LogP contribution < -0.4 is 11.1 Å². The first-order valence-corrected chi connectivity index (χ1v) is 5.45. The van der Waals surface area contributed by atoms with Gasteiger partial charge in [-0.25, -0.2) is 8.78 Å². The Kier molecular flexibility index (Phi) is 3.68. The topological polar surface area (TPSA) is 74.7 Å². The molecule has 0 aliphatic rings. The van der Waals surface area contributed by atoms with Crippen LogP contribution in [0, 0.1) is 23.0 Å². The van der Waals surface area contributed by atoms with Crippen LogP contribution in [0.15, 0.2) is 30.5 Å². The number of pyridine rings is 1. The van der Waals surface area contributed by atoms with Crippen LogP contribution in [0.5, 0.6) is 0 Å². The van der Waals surface area contributed by atoms with Crippen molar-refractivity contribution in [2.75, 3.05) is 5.32 Å². The number of nitrogens with zero attached hydrogens (tertiary/aromatic N) is 2. The number of anilines is 2. The minimum atomic E-state index is -0.534. The molecule has 1 heterocycles. The normalized spacial score (nSPS) is 10.0. The van der Waals surface area contributed by atoms with Crippen LogP contribution in [0.2, 0.25) is 0 Å². The smallest absolute Gasteiger partial charge is 0.148 e. The maximum Gasteiger partial charge on any atom is 0.148 e. The van der Waals surface area contributed by atoms with Gasteiger partial charge in [-0.15, -0.1) is 0 Å². The minimum absolute atomic E-state index is 0.00606. The molecule has 4 nitrogen and oxygen atoms in total. The Hall–Kier alpha value is -2.52. The zero-order valence-corrected chi connectivity index (χ0v) is 9.82. The van der Waals surface area contributed by atoms with Gasteiger partial charge in [0.15, 0.2) is 0 Å². The van der Waals surface area contributed by atoms with Crippen LogP contribution in [0.1, 0.15) is 11.3 Å². The summed E-state index contributed by atoms with van der Waals surface area (Å²) in [5, 5.41) is 11.7. The molecular weight excluding hydrogens is 250 g/mol. The number of halogens is 2. The van der Waals surface area contributed by atoms with E-state index in [0.717, 1.165) is 6.07 Å². The van der Waals surface area contributed by atoms with E-state index in [1.807, 2.05) is 6.07 Å². The van der Waals surface area contributed by atoms with Crippen molar-refractivity contribution in [3.05, 3.63) is 53.4 Å². The number of nitriles is 1. The van der Waals surface area contributed by atoms with E-state index in [1.54, 1.807) is 0 Å². The van der Waals surface area contributed by atoms with E-state index in [4.69, 9.17) is 11.0 Å². The van der Waals surface area contributed by atoms with Gasteiger partial charge in [0.2, 0.25) is 0 Å². The third-order valence-corrected chi connectivity index (χ3v) is 2.49. The molecular formula is C13H10F2N4. The van der Waals surface area contributed by atoms with Crippen molar-refractivity contribution in [3.8, 4) is 6.07 Å². The molecule has 3 N–H and O–H groups in total. The number of hydrogen-bond acceptors (Lipinski definition) is 4. The summed E-state index contributed by atoms with van der Waals surface area (Å²) in [6.07, 6.45) is 1.40. The third-order valence-electron chi connectivity index (χ3n) is 2.49. The fourth-order valence-electron chi connectivity index (χ4n) is 1.56. The first-order valence-electron chi connectivity index (χ1n) is 5.45. The molecule has 0 spiro atoms. The summed E-state index contributed by atoms with van der Waals surface area (Å²) in [6, 6.07) is 6.79. The molecule has 0 amide bonds. The fourth-order valence-corrected chi connectivity index (χ4v) is 1.56. The van der Waals surface area contributed by atoms with Gasteiger partial charge < -0.3 is 11.1 Å². The number of rotatable bonds is 3. The van der Waals surface area contributed by atoms with Crippen molar-refractivity contribution in [2.45, 2.75) is 6.54 Å². The quantitative estimate of drug-likeness (QED) is 0.888. The summed E-state index contributed by atoms with van der Waals surface area (Å²) < 4.78 is 26.5. The molecule has 0 bridgehead atoms. The molecule has 6 heteroatoms. The average molecular weight is 260 g/mol. The Morgan fingerprint density at radius 3 is 2.74 bits per heavy atom. The molecule has 0 radical (unpaired) electrons. The largest absolute Gasteiger partial charge is 0.353 e. The maximum absolute atomic E-state index is 13.5. The first kappa shape index (κ1) is 12.9. The Morgan fingerprint density at radius 2 is 2.11 bits per heavy atom. The zero-order valence-electron chi connectivity index (χ0n) is 9.82. The van der Waals surface area contributed by atoms with Crippen LogP contribution in [0.4, 0.5) is 20.2 Å². The van der Waals surface area contributed by atoms with E-state index < -0.39 is 11.6 Å². The van der Waals surface area contributed by atoms with Gasteiger partial charge in [0.25, 0.3) is 0 Å². The molecule has 0 atom stereocenters. The predicted octanol–water partition coefficient (Wildman–Crippen LogP) is 2.43. The highest BCUT2D eigenvalue weighted by atomic mass is 19.1. The van der Waals surface area contributed by atoms with E-state index in [0.29, 0.717) is 11.4 Å². The highest BCUT2D eigenvalue weighted by Crippen LogP contribution is 2.22. The molecule has 0 fully saturated rings. The first-order chi connectivity index (χ1) is 9.13. The van der Waals surface area contributed by atoms with Crippen LogP contribution in [-0.4, -0.2) is 4.98 Å². The lowest BCUT2D eigenvalue weighted by molar-refractivity contribution is 0.600. The molecule has 96 valence electrons. The number of nitrogens with two attached hydrogens (primary N) is 1. The summed E-state index contributed by atoms with van der Waals surface area (Å²) in [6.45, 7) is 0.00606. The van der Waals surface area contributed by atoms with Gasteiger partial charge in [-0.2, -0.15) is 5.26 Å². The lowest BCUT2D eigenvalue weighted by atomic mass is 10.2. The van der Waals surface area contributed by atoms with Crippen molar-refractivity contribution >= 4 is 11.4 Å². The minimum Gasteiger partial charge on any atom is -0.353 e. The molecule has 2 rings (SSSR count). The van der Waals surface area contributed by atoms with Crippen molar-refractivity contribution in [1.29, 1.82) is 5.26 Å². The monoisotopic (exact) mass is 260 g/mol. The molecule has 0 aliphatic heterocycles. The summed E-state index contributed by atoms with van der Waals surface area (Å²) in [7, 11) is 0. The van der Waals surface area contributed by atoms with Crippen molar-refractivity contribution in [1.82, 2.24) is 4.98 Å². The summed E-state index contributed by atoms with van der Waals surface area (Å²) >= 11 is 0. The highest BCUT2D eigenvalue weighted by molar-refractivity contribution is 5.66. The summed E-state index contributed by atoms with van der Waals surface area (Å²) in [4.78, 5) is 3.85. The van der Waals surface area contributed by atoms with Crippen molar-refractivity contribution in [2.24, 2.45) is 5.73 Å². The number of hydrogen-bond donors (Lipinski definition) is 2. The lowest BCUT2D eigenvalue weighted by Gasteiger charge is -2.09. The molecule has 0 saturated heterocycles. The second-order valence-electron chi connectivity index (χ2n) is 3.78. The molecule has 0 unspecified atom stereocenters. The Morgan fingerprint density at radius 1 is 1.32 bits per heavy atom. The Balaban J connectivity index is 2.31. The number of nitrogens with one attached hydrogen (secondary N) is 1. The van der Waals surface area contributed by atoms with Gasteiger partial charge in [-0.3, -0.25) is 4.98 Å². The molecule has 0 aliphatic carbocycles. The van der Waals surface area contributed by atoms with Crippen LogP contribution in [-0.2, 0) is 6.54 Å². The molecule has 19 heavy (non-hydrogen) atoms. The van der Waals surface area contributed by atoms with Crippen LogP contribution in [0.3, 0.4) is 0 Å². The third kappa shape index (κ3) is 2.84. The van der Waals surface area contributed by atoms with Crippen molar-refractivity contribution < 1.29 is 8.78 Å². The standard InChI is InChI=1S/C13H10F2N4/c14-9-1-2-12(8(3-9)5-16)19-10-4-11(15)13(6-17)18-7-10/h1-4,7,19H,6,17H2. The SMILES string of the molecule is N#Cc1cc(F)ccc1Nc1cnc(CN)c(F)c1. The zero-order chi connectivity index (χ0) is 13.8. The fraction of sp³-hybridized carbons (Fsp3) is 0.0769. The average Bonchev–Trinajstić information content (AvgIpc) is 2.41. The van der Waals surface area contributed by atoms with Gasteiger partial charge in [-0.05, 0) is 18.2 Å². The summed E-state index contributed by atoms with van der Waals surface area (Å²) in [5.41, 5.74) is 6.33. The number of aromatic nitrogens is 1. The van der Waals surface area contributed by atoms with Crippen molar-refractivity contribution in [3.63, 3.8) is 0 Å². The molecule has 1 aromatic heterocycles. The van der Waals surface area contributed by atoms with Gasteiger partial charge in [-0.1, -0.05) is 0 Å². The maximum atomic E-state index is 13.5. The van der Waals surface area contributed by atoms with Crippen LogP contribution in [0.25, 0.3) is 0 Å². The van der Waals surface area contributed by atoms with E-state index >= 15 is 0 Å². The lowest BCUT2D eigenvalue weighted by Crippen LogP contribution is -2.04. The van der Waals surface area contributed by atoms with Gasteiger partial charge in [0.1, 0.15) is 17.7 Å². The Bertz CT molecular complexity index is 650. The van der Waals surface area contributed by atoms with Crippen LogP contribution >= 0.6 is 0 Å². The Labute approximate surface area is 108 Å².